The second-order valence-electron chi connectivity index (χ2n) is 4.83. The van der Waals surface area contributed by atoms with Crippen molar-refractivity contribution in [2.45, 2.75) is 33.2 Å². The van der Waals surface area contributed by atoms with Crippen LogP contribution in [0.5, 0.6) is 0 Å². The van der Waals surface area contributed by atoms with Crippen molar-refractivity contribution in [3.63, 3.8) is 0 Å². The molecule has 3 N–H and O–H groups in total. The van der Waals surface area contributed by atoms with E-state index in [4.69, 9.17) is 10.2 Å². The Morgan fingerprint density at radius 3 is 2.16 bits per heavy atom. The van der Waals surface area contributed by atoms with Gasteiger partial charge in [0.25, 0.3) is 0 Å². The summed E-state index contributed by atoms with van der Waals surface area (Å²) in [6, 6.07) is -0.899. The second kappa shape index (κ2) is 8.47. The van der Waals surface area contributed by atoms with Crippen molar-refractivity contribution < 1.29 is 24.6 Å². The van der Waals surface area contributed by atoms with Gasteiger partial charge < -0.3 is 15.5 Å². The molecule has 0 aliphatic heterocycles. The van der Waals surface area contributed by atoms with Gasteiger partial charge in [0.05, 0.1) is 13.0 Å². The largest absolute Gasteiger partial charge is 0.481 e. The van der Waals surface area contributed by atoms with Crippen LogP contribution in [0.15, 0.2) is 0 Å². The van der Waals surface area contributed by atoms with E-state index >= 15 is 0 Å². The van der Waals surface area contributed by atoms with Gasteiger partial charge in [-0.3, -0.25) is 19.3 Å². The average molecular weight is 274 g/mol. The lowest BCUT2D eigenvalue weighted by molar-refractivity contribution is -0.145. The highest BCUT2D eigenvalue weighted by Gasteiger charge is 2.23. The monoisotopic (exact) mass is 274 g/mol. The van der Waals surface area contributed by atoms with Gasteiger partial charge in [-0.25, -0.2) is 0 Å². The van der Waals surface area contributed by atoms with Crippen molar-refractivity contribution in [2.75, 3.05) is 19.6 Å². The minimum atomic E-state index is -1.08. The van der Waals surface area contributed by atoms with Gasteiger partial charge in [0, 0.05) is 13.1 Å². The molecule has 0 bridgehead atoms. The molecule has 1 amide bonds. The maximum absolute atomic E-state index is 11.6. The van der Waals surface area contributed by atoms with Crippen LogP contribution >= 0.6 is 0 Å². The molecular weight excluding hydrogens is 252 g/mol. The average Bonchev–Trinajstić information content (AvgIpc) is 2.30. The highest BCUT2D eigenvalue weighted by atomic mass is 16.4. The van der Waals surface area contributed by atoms with Crippen molar-refractivity contribution in [1.82, 2.24) is 10.2 Å². The van der Waals surface area contributed by atoms with E-state index in [0.717, 1.165) is 0 Å². The zero-order valence-corrected chi connectivity index (χ0v) is 11.5. The predicted octanol–water partition coefficient (Wildman–Crippen LogP) is 0.00840. The fourth-order valence-electron chi connectivity index (χ4n) is 1.36. The maximum Gasteiger partial charge on any atom is 0.320 e. The van der Waals surface area contributed by atoms with Crippen molar-refractivity contribution in [2.24, 2.45) is 5.92 Å². The van der Waals surface area contributed by atoms with Gasteiger partial charge in [0.1, 0.15) is 6.04 Å². The topological polar surface area (TPSA) is 107 Å². The molecule has 0 heterocycles. The first-order valence-electron chi connectivity index (χ1n) is 6.19. The van der Waals surface area contributed by atoms with Crippen molar-refractivity contribution in [3.05, 3.63) is 0 Å². The minimum absolute atomic E-state index is 0.0257. The second-order valence-corrected chi connectivity index (χ2v) is 4.83. The molecule has 0 aromatic rings. The van der Waals surface area contributed by atoms with Crippen molar-refractivity contribution in [1.29, 1.82) is 0 Å². The quantitative estimate of drug-likeness (QED) is 0.546. The van der Waals surface area contributed by atoms with Crippen molar-refractivity contribution >= 4 is 17.8 Å². The molecule has 0 radical (unpaired) electrons. The maximum atomic E-state index is 11.6. The third-order valence-corrected chi connectivity index (χ3v) is 2.57. The van der Waals surface area contributed by atoms with Gasteiger partial charge in [-0.05, 0) is 12.8 Å². The number of hydrogen-bond donors (Lipinski definition) is 3. The number of carbonyl (C=O) groups excluding carboxylic acids is 1. The fraction of sp³-hybridized carbons (Fsp3) is 0.750. The molecule has 0 aromatic heterocycles. The Balaban J connectivity index is 4.44. The van der Waals surface area contributed by atoms with Crippen LogP contribution in [0.25, 0.3) is 0 Å². The summed E-state index contributed by atoms with van der Waals surface area (Å²) >= 11 is 0. The summed E-state index contributed by atoms with van der Waals surface area (Å²) in [5.74, 6) is -2.10. The molecule has 1 unspecified atom stereocenters. The van der Waals surface area contributed by atoms with E-state index in [1.807, 2.05) is 13.8 Å². The molecule has 0 rings (SSSR count). The van der Waals surface area contributed by atoms with Crippen LogP contribution in [-0.2, 0) is 14.4 Å². The molecule has 19 heavy (non-hydrogen) atoms. The summed E-state index contributed by atoms with van der Waals surface area (Å²) < 4.78 is 0. The molecule has 7 heteroatoms. The van der Waals surface area contributed by atoms with Gasteiger partial charge in [-0.1, -0.05) is 13.8 Å². The van der Waals surface area contributed by atoms with Gasteiger partial charge in [-0.15, -0.1) is 0 Å². The van der Waals surface area contributed by atoms with Crippen LogP contribution in [0.4, 0.5) is 0 Å². The fourth-order valence-corrected chi connectivity index (χ4v) is 1.36. The molecule has 110 valence electrons. The predicted molar refractivity (Wildman–Crippen MR) is 68.8 cm³/mol. The lowest BCUT2D eigenvalue weighted by atomic mass is 10.2. The highest BCUT2D eigenvalue weighted by Crippen LogP contribution is 2.01. The first-order chi connectivity index (χ1) is 8.73. The molecular formula is C12H22N2O5. The summed E-state index contributed by atoms with van der Waals surface area (Å²) in [6.45, 7) is 5.74. The number of nitrogens with one attached hydrogen (secondary N) is 1. The Morgan fingerprint density at radius 2 is 1.74 bits per heavy atom. The minimum Gasteiger partial charge on any atom is -0.481 e. The van der Waals surface area contributed by atoms with Gasteiger partial charge in [0.15, 0.2) is 0 Å². The Labute approximate surface area is 112 Å². The third kappa shape index (κ3) is 8.15. The molecule has 0 fully saturated rings. The summed E-state index contributed by atoms with van der Waals surface area (Å²) in [5, 5.41) is 20.2. The first-order valence-corrected chi connectivity index (χ1v) is 6.19. The standard InChI is InChI=1S/C12H22N2O5/c1-8(2)6-13-10(15)7-14(5-4-11(16)17)9(3)12(18)19/h8-9H,4-7H2,1-3H3,(H,13,15)(H,16,17)(H,18,19). The molecule has 0 aromatic carbocycles. The summed E-state index contributed by atoms with van der Waals surface area (Å²) in [5.41, 5.74) is 0. The molecule has 0 spiro atoms. The summed E-state index contributed by atoms with van der Waals surface area (Å²) in [6.07, 6.45) is -0.199. The number of carboxylic acid groups (broad SMARTS) is 2. The molecule has 0 aliphatic carbocycles. The van der Waals surface area contributed by atoms with E-state index in [9.17, 15) is 14.4 Å². The van der Waals surface area contributed by atoms with E-state index in [1.165, 1.54) is 11.8 Å². The molecule has 0 saturated heterocycles. The molecule has 0 saturated carbocycles. The summed E-state index contributed by atoms with van der Waals surface area (Å²) in [4.78, 5) is 34.4. The number of nitrogens with zero attached hydrogens (tertiary/aromatic N) is 1. The molecule has 1 atom stereocenters. The van der Waals surface area contributed by atoms with Crippen LogP contribution < -0.4 is 5.32 Å². The smallest absolute Gasteiger partial charge is 0.320 e. The van der Waals surface area contributed by atoms with E-state index in [-0.39, 0.29) is 25.4 Å². The van der Waals surface area contributed by atoms with E-state index in [0.29, 0.717) is 12.5 Å². The zero-order valence-electron chi connectivity index (χ0n) is 11.5. The van der Waals surface area contributed by atoms with Crippen molar-refractivity contribution in [3.8, 4) is 0 Å². The van der Waals surface area contributed by atoms with Gasteiger partial charge >= 0.3 is 11.9 Å². The van der Waals surface area contributed by atoms with Crippen LogP contribution in [0.3, 0.4) is 0 Å². The normalized spacial score (nSPS) is 12.5. The van der Waals surface area contributed by atoms with Gasteiger partial charge in [0.2, 0.25) is 5.91 Å². The Morgan fingerprint density at radius 1 is 1.16 bits per heavy atom. The Kier molecular flexibility index (Phi) is 7.74. The number of amides is 1. The lowest BCUT2D eigenvalue weighted by Gasteiger charge is -2.25. The highest BCUT2D eigenvalue weighted by molar-refractivity contribution is 5.80. The number of hydrogen-bond acceptors (Lipinski definition) is 4. The SMILES string of the molecule is CC(C)CNC(=O)CN(CCC(=O)O)C(C)C(=O)O. The van der Waals surface area contributed by atoms with E-state index in [1.54, 1.807) is 0 Å². The summed E-state index contributed by atoms with van der Waals surface area (Å²) in [7, 11) is 0. The number of aliphatic carboxylic acids is 2. The zero-order chi connectivity index (χ0) is 15.0. The molecule has 7 nitrogen and oxygen atoms in total. The Hall–Kier alpha value is -1.63. The number of carbonyl (C=O) groups is 3. The molecule has 0 aliphatic rings. The van der Waals surface area contributed by atoms with E-state index in [2.05, 4.69) is 5.32 Å². The number of carboxylic acids is 2. The Bertz CT molecular complexity index is 330. The van der Waals surface area contributed by atoms with Crippen LogP contribution in [0.2, 0.25) is 0 Å². The van der Waals surface area contributed by atoms with Crippen LogP contribution in [-0.4, -0.2) is 58.6 Å². The van der Waals surface area contributed by atoms with E-state index < -0.39 is 18.0 Å². The first kappa shape index (κ1) is 17.4. The van der Waals surface area contributed by atoms with Gasteiger partial charge in [-0.2, -0.15) is 0 Å². The van der Waals surface area contributed by atoms with Crippen LogP contribution in [0.1, 0.15) is 27.2 Å². The van der Waals surface area contributed by atoms with Crippen LogP contribution in [0, 0.1) is 5.92 Å². The third-order valence-electron chi connectivity index (χ3n) is 2.57. The number of rotatable bonds is 9. The lowest BCUT2D eigenvalue weighted by Crippen LogP contribution is -2.46.